The number of anilines is 2. The molecule has 0 aliphatic heterocycles. The highest BCUT2D eigenvalue weighted by atomic mass is 32.1. The second-order valence-electron chi connectivity index (χ2n) is 6.04. The molecule has 1 aromatic carbocycles. The third-order valence-electron chi connectivity index (χ3n) is 4.45. The first kappa shape index (κ1) is 15.2. The zero-order valence-electron chi connectivity index (χ0n) is 13.6. The van der Waals surface area contributed by atoms with Gasteiger partial charge >= 0.3 is 0 Å². The summed E-state index contributed by atoms with van der Waals surface area (Å²) < 4.78 is 10.9. The van der Waals surface area contributed by atoms with Crippen molar-refractivity contribution in [1.29, 1.82) is 0 Å². The molecule has 5 nitrogen and oxygen atoms in total. The molecule has 1 saturated carbocycles. The van der Waals surface area contributed by atoms with E-state index in [0.717, 1.165) is 34.0 Å². The highest BCUT2D eigenvalue weighted by Crippen LogP contribution is 2.33. The molecule has 1 aliphatic rings. The molecule has 1 aliphatic carbocycles. The molecular weight excluding hydrogens is 320 g/mol. The zero-order chi connectivity index (χ0) is 16.4. The maximum Gasteiger partial charge on any atom is 0.166 e. The van der Waals surface area contributed by atoms with Crippen LogP contribution >= 0.6 is 11.5 Å². The Balaban J connectivity index is 1.50. The number of hydrogen-bond acceptors (Lipinski definition) is 6. The topological polar surface area (TPSA) is 59.1 Å². The first-order valence-electron chi connectivity index (χ1n) is 8.21. The van der Waals surface area contributed by atoms with E-state index in [0.29, 0.717) is 6.04 Å². The number of ether oxygens (including phenoxy) is 1. The fraction of sp³-hybridized carbons (Fsp3) is 0.333. The minimum Gasteiger partial charge on any atom is -0.497 e. The van der Waals surface area contributed by atoms with Crippen LogP contribution in [0.5, 0.6) is 5.75 Å². The van der Waals surface area contributed by atoms with Gasteiger partial charge in [0.25, 0.3) is 0 Å². The standard InChI is InChI=1S/C18H20N4OS/c1-23-14-7-5-12(6-8-14)11-20-15-9-10-19-16-17(15)24-22-18(16)21-13-3-2-4-13/h5-10,13H,2-4,11H2,1H3,(H,19,20)(H,21,22). The van der Waals surface area contributed by atoms with Crippen LogP contribution in [0.1, 0.15) is 24.8 Å². The fourth-order valence-corrected chi connectivity index (χ4v) is 3.56. The van der Waals surface area contributed by atoms with E-state index in [1.54, 1.807) is 7.11 Å². The Labute approximate surface area is 145 Å². The van der Waals surface area contributed by atoms with E-state index in [9.17, 15) is 0 Å². The summed E-state index contributed by atoms with van der Waals surface area (Å²) in [7, 11) is 1.68. The van der Waals surface area contributed by atoms with Crippen molar-refractivity contribution in [3.63, 3.8) is 0 Å². The average molecular weight is 340 g/mol. The summed E-state index contributed by atoms with van der Waals surface area (Å²) in [5.74, 6) is 1.80. The van der Waals surface area contributed by atoms with Crippen LogP contribution in [-0.4, -0.2) is 22.5 Å². The van der Waals surface area contributed by atoms with Crippen molar-refractivity contribution in [2.75, 3.05) is 17.7 Å². The second kappa shape index (κ2) is 6.65. The number of methoxy groups -OCH3 is 1. The van der Waals surface area contributed by atoms with Crippen molar-refractivity contribution in [1.82, 2.24) is 9.36 Å². The van der Waals surface area contributed by atoms with Gasteiger partial charge in [-0.05, 0) is 54.6 Å². The molecule has 0 spiro atoms. The quantitative estimate of drug-likeness (QED) is 0.701. The minimum atomic E-state index is 0.563. The van der Waals surface area contributed by atoms with E-state index in [1.807, 2.05) is 24.4 Å². The zero-order valence-corrected chi connectivity index (χ0v) is 14.4. The molecule has 124 valence electrons. The van der Waals surface area contributed by atoms with Crippen molar-refractivity contribution < 1.29 is 4.74 Å². The molecule has 24 heavy (non-hydrogen) atoms. The van der Waals surface area contributed by atoms with Crippen molar-refractivity contribution in [3.05, 3.63) is 42.1 Å². The number of nitrogens with zero attached hydrogens (tertiary/aromatic N) is 2. The number of aromatic nitrogens is 2. The lowest BCUT2D eigenvalue weighted by atomic mass is 9.93. The highest BCUT2D eigenvalue weighted by molar-refractivity contribution is 7.14. The maximum absolute atomic E-state index is 5.20. The van der Waals surface area contributed by atoms with E-state index in [1.165, 1.54) is 36.4 Å². The molecule has 4 rings (SSSR count). The lowest BCUT2D eigenvalue weighted by molar-refractivity contribution is 0.414. The molecule has 0 radical (unpaired) electrons. The number of rotatable bonds is 6. The van der Waals surface area contributed by atoms with Crippen LogP contribution in [0, 0.1) is 0 Å². The van der Waals surface area contributed by atoms with Gasteiger partial charge in [-0.15, -0.1) is 0 Å². The van der Waals surface area contributed by atoms with Gasteiger partial charge < -0.3 is 15.4 Å². The van der Waals surface area contributed by atoms with Crippen molar-refractivity contribution in [2.24, 2.45) is 0 Å². The van der Waals surface area contributed by atoms with Crippen LogP contribution in [-0.2, 0) is 6.54 Å². The number of pyridine rings is 1. The van der Waals surface area contributed by atoms with Gasteiger partial charge in [-0.25, -0.2) is 0 Å². The molecule has 1 fully saturated rings. The van der Waals surface area contributed by atoms with E-state index in [4.69, 9.17) is 4.74 Å². The van der Waals surface area contributed by atoms with E-state index in [2.05, 4.69) is 32.1 Å². The van der Waals surface area contributed by atoms with Crippen LogP contribution in [0.25, 0.3) is 10.2 Å². The molecule has 0 saturated heterocycles. The average Bonchev–Trinajstić information content (AvgIpc) is 3.00. The van der Waals surface area contributed by atoms with Gasteiger partial charge in [0.2, 0.25) is 0 Å². The molecule has 2 N–H and O–H groups in total. The lowest BCUT2D eigenvalue weighted by Crippen LogP contribution is -2.27. The Morgan fingerprint density at radius 3 is 2.75 bits per heavy atom. The van der Waals surface area contributed by atoms with Crippen LogP contribution < -0.4 is 15.4 Å². The first-order chi connectivity index (χ1) is 11.8. The predicted molar refractivity (Wildman–Crippen MR) is 99.0 cm³/mol. The molecule has 2 aromatic heterocycles. The van der Waals surface area contributed by atoms with Crippen molar-refractivity contribution in [3.8, 4) is 5.75 Å². The van der Waals surface area contributed by atoms with Crippen molar-refractivity contribution in [2.45, 2.75) is 31.8 Å². The summed E-state index contributed by atoms with van der Waals surface area (Å²) in [5, 5.41) is 7.01. The largest absolute Gasteiger partial charge is 0.497 e. The molecule has 0 atom stereocenters. The van der Waals surface area contributed by atoms with Crippen LogP contribution in [0.2, 0.25) is 0 Å². The van der Waals surface area contributed by atoms with Gasteiger partial charge in [0.1, 0.15) is 11.3 Å². The summed E-state index contributed by atoms with van der Waals surface area (Å²) in [6.45, 7) is 0.756. The Kier molecular flexibility index (Phi) is 4.21. The Hall–Kier alpha value is -2.34. The van der Waals surface area contributed by atoms with E-state index in [-0.39, 0.29) is 0 Å². The molecule has 0 bridgehead atoms. The highest BCUT2D eigenvalue weighted by Gasteiger charge is 2.20. The molecule has 0 unspecified atom stereocenters. The van der Waals surface area contributed by atoms with Gasteiger partial charge in [-0.3, -0.25) is 4.98 Å². The lowest BCUT2D eigenvalue weighted by Gasteiger charge is -2.26. The Bertz CT molecular complexity index is 827. The molecular formula is C18H20N4OS. The fourth-order valence-electron chi connectivity index (χ4n) is 2.76. The van der Waals surface area contributed by atoms with Crippen LogP contribution in [0.15, 0.2) is 36.5 Å². The van der Waals surface area contributed by atoms with Gasteiger partial charge in [0, 0.05) is 18.8 Å². The molecule has 0 amide bonds. The minimum absolute atomic E-state index is 0.563. The first-order valence-corrected chi connectivity index (χ1v) is 8.98. The Morgan fingerprint density at radius 2 is 2.04 bits per heavy atom. The van der Waals surface area contributed by atoms with E-state index < -0.39 is 0 Å². The summed E-state index contributed by atoms with van der Waals surface area (Å²) in [6, 6.07) is 10.7. The third kappa shape index (κ3) is 3.01. The molecule has 2 heterocycles. The summed E-state index contributed by atoms with van der Waals surface area (Å²) in [4.78, 5) is 4.52. The molecule has 3 aromatic rings. The van der Waals surface area contributed by atoms with E-state index >= 15 is 0 Å². The SMILES string of the molecule is COc1ccc(CNc2ccnc3c(NC4CCC4)nsc23)cc1. The van der Waals surface area contributed by atoms with Crippen LogP contribution in [0.3, 0.4) is 0 Å². The van der Waals surface area contributed by atoms with Gasteiger partial charge in [-0.2, -0.15) is 4.37 Å². The summed E-state index contributed by atoms with van der Waals surface area (Å²) in [6.07, 6.45) is 5.61. The summed E-state index contributed by atoms with van der Waals surface area (Å²) >= 11 is 1.50. The van der Waals surface area contributed by atoms with Crippen LogP contribution in [0.4, 0.5) is 11.5 Å². The number of hydrogen-bond donors (Lipinski definition) is 2. The molecule has 6 heteroatoms. The normalized spacial score (nSPS) is 14.4. The smallest absolute Gasteiger partial charge is 0.166 e. The summed E-state index contributed by atoms with van der Waals surface area (Å²) in [5.41, 5.74) is 3.25. The number of fused-ring (bicyclic) bond motifs is 1. The Morgan fingerprint density at radius 1 is 1.21 bits per heavy atom. The van der Waals surface area contributed by atoms with Gasteiger partial charge in [-0.1, -0.05) is 12.1 Å². The predicted octanol–water partition coefficient (Wildman–Crippen LogP) is 4.28. The van der Waals surface area contributed by atoms with Crippen molar-refractivity contribution >= 4 is 33.3 Å². The number of nitrogens with one attached hydrogen (secondary N) is 2. The van der Waals surface area contributed by atoms with Gasteiger partial charge in [0.05, 0.1) is 17.5 Å². The number of benzene rings is 1. The second-order valence-corrected chi connectivity index (χ2v) is 6.81. The monoisotopic (exact) mass is 340 g/mol. The third-order valence-corrected chi connectivity index (χ3v) is 5.31. The maximum atomic E-state index is 5.20. The van der Waals surface area contributed by atoms with Gasteiger partial charge in [0.15, 0.2) is 5.82 Å².